The van der Waals surface area contributed by atoms with Crippen molar-refractivity contribution in [2.24, 2.45) is 0 Å². The Bertz CT molecular complexity index is 809. The molecule has 1 aromatic carbocycles. The van der Waals surface area contributed by atoms with Gasteiger partial charge >= 0.3 is 0 Å². The lowest BCUT2D eigenvalue weighted by Crippen LogP contribution is -2.35. The van der Waals surface area contributed by atoms with E-state index in [2.05, 4.69) is 39.2 Å². The van der Waals surface area contributed by atoms with Gasteiger partial charge in [-0.25, -0.2) is 9.50 Å². The van der Waals surface area contributed by atoms with Gasteiger partial charge in [0, 0.05) is 31.4 Å². The van der Waals surface area contributed by atoms with Crippen LogP contribution in [0.3, 0.4) is 0 Å². The van der Waals surface area contributed by atoms with Crippen molar-refractivity contribution in [3.8, 4) is 11.1 Å². The lowest BCUT2D eigenvalue weighted by molar-refractivity contribution is 0.0342. The summed E-state index contributed by atoms with van der Waals surface area (Å²) in [6.07, 6.45) is 3.65. The quantitative estimate of drug-likeness (QED) is 0.693. The highest BCUT2D eigenvalue weighted by molar-refractivity contribution is 6.29. The summed E-state index contributed by atoms with van der Waals surface area (Å²) in [6.45, 7) is 4.61. The largest absolute Gasteiger partial charge is 0.379 e. The number of morpholine rings is 1. The summed E-state index contributed by atoms with van der Waals surface area (Å²) in [5.74, 6) is 0. The Balaban J connectivity index is 1.58. The van der Waals surface area contributed by atoms with E-state index in [1.54, 1.807) is 10.6 Å². The molecule has 0 bridgehead atoms. The van der Waals surface area contributed by atoms with E-state index in [1.165, 1.54) is 5.56 Å². The fraction of sp³-hybridized carbons (Fsp3) is 0.294. The number of benzene rings is 1. The number of ether oxygens (including phenoxy) is 1. The van der Waals surface area contributed by atoms with Crippen LogP contribution in [0.2, 0.25) is 5.15 Å². The predicted molar refractivity (Wildman–Crippen MR) is 89.5 cm³/mol. The number of hydrogen-bond acceptors (Lipinski definition) is 4. The van der Waals surface area contributed by atoms with Gasteiger partial charge in [0.05, 0.1) is 19.4 Å². The highest BCUT2D eigenvalue weighted by atomic mass is 35.5. The van der Waals surface area contributed by atoms with Crippen LogP contribution >= 0.6 is 11.6 Å². The zero-order valence-electron chi connectivity index (χ0n) is 12.7. The van der Waals surface area contributed by atoms with Crippen molar-refractivity contribution in [1.82, 2.24) is 19.5 Å². The predicted octanol–water partition coefficient (Wildman–Crippen LogP) is 2.88. The molecule has 1 aliphatic rings. The third-order valence-corrected chi connectivity index (χ3v) is 4.32. The van der Waals surface area contributed by atoms with Crippen molar-refractivity contribution < 1.29 is 4.74 Å². The van der Waals surface area contributed by atoms with Gasteiger partial charge in [0.15, 0.2) is 5.65 Å². The minimum Gasteiger partial charge on any atom is -0.379 e. The summed E-state index contributed by atoms with van der Waals surface area (Å²) in [7, 11) is 0. The van der Waals surface area contributed by atoms with Gasteiger partial charge in [-0.3, -0.25) is 4.90 Å². The number of hydrogen-bond donors (Lipinski definition) is 0. The molecule has 0 atom stereocenters. The summed E-state index contributed by atoms with van der Waals surface area (Å²) >= 11 is 6.00. The summed E-state index contributed by atoms with van der Waals surface area (Å²) in [5.41, 5.74) is 4.17. The maximum atomic E-state index is 6.00. The molecule has 118 valence electrons. The van der Waals surface area contributed by atoms with Crippen molar-refractivity contribution >= 4 is 17.2 Å². The molecule has 0 unspecified atom stereocenters. The molecule has 0 spiro atoms. The van der Waals surface area contributed by atoms with Gasteiger partial charge in [0.2, 0.25) is 0 Å². The Hall–Kier alpha value is -1.95. The zero-order chi connectivity index (χ0) is 15.6. The van der Waals surface area contributed by atoms with Gasteiger partial charge in [0.1, 0.15) is 5.15 Å². The fourth-order valence-corrected chi connectivity index (χ4v) is 2.99. The number of aromatic nitrogens is 3. The molecule has 5 nitrogen and oxygen atoms in total. The molecule has 23 heavy (non-hydrogen) atoms. The SMILES string of the molecule is Clc1ccn2ncc(-c3ccc(CN4CCOCC4)cc3)c2n1. The molecule has 2 aromatic heterocycles. The van der Waals surface area contributed by atoms with E-state index in [1.807, 2.05) is 12.4 Å². The van der Waals surface area contributed by atoms with Crippen molar-refractivity contribution in [3.05, 3.63) is 53.4 Å². The molecule has 0 aliphatic carbocycles. The van der Waals surface area contributed by atoms with Crippen LogP contribution in [0.15, 0.2) is 42.7 Å². The zero-order valence-corrected chi connectivity index (χ0v) is 13.4. The first-order chi connectivity index (χ1) is 11.3. The normalized spacial score (nSPS) is 16.0. The van der Waals surface area contributed by atoms with Crippen molar-refractivity contribution in [1.29, 1.82) is 0 Å². The van der Waals surface area contributed by atoms with Crippen LogP contribution in [0, 0.1) is 0 Å². The summed E-state index contributed by atoms with van der Waals surface area (Å²) in [5, 5.41) is 4.80. The second kappa shape index (κ2) is 6.28. The average molecular weight is 329 g/mol. The molecule has 1 fully saturated rings. The van der Waals surface area contributed by atoms with Gasteiger partial charge in [0.25, 0.3) is 0 Å². The standard InChI is InChI=1S/C17H17ClN4O/c18-16-5-6-22-17(20-16)15(11-19-22)14-3-1-13(2-4-14)12-21-7-9-23-10-8-21/h1-6,11H,7-10,12H2. The van der Waals surface area contributed by atoms with Gasteiger partial charge in [-0.1, -0.05) is 35.9 Å². The van der Waals surface area contributed by atoms with Crippen LogP contribution in [0.25, 0.3) is 16.8 Å². The Morgan fingerprint density at radius 3 is 2.65 bits per heavy atom. The van der Waals surface area contributed by atoms with E-state index in [-0.39, 0.29) is 0 Å². The topological polar surface area (TPSA) is 42.7 Å². The second-order valence-electron chi connectivity index (χ2n) is 5.66. The van der Waals surface area contributed by atoms with E-state index in [0.717, 1.165) is 49.6 Å². The molecule has 1 aliphatic heterocycles. The van der Waals surface area contributed by atoms with E-state index in [0.29, 0.717) is 5.15 Å². The van der Waals surface area contributed by atoms with Crippen molar-refractivity contribution in [3.63, 3.8) is 0 Å². The molecule has 1 saturated heterocycles. The van der Waals surface area contributed by atoms with Gasteiger partial charge in [-0.2, -0.15) is 5.10 Å². The lowest BCUT2D eigenvalue weighted by Gasteiger charge is -2.26. The second-order valence-corrected chi connectivity index (χ2v) is 6.05. The Morgan fingerprint density at radius 1 is 1.09 bits per heavy atom. The van der Waals surface area contributed by atoms with Crippen molar-refractivity contribution in [2.75, 3.05) is 26.3 Å². The van der Waals surface area contributed by atoms with Gasteiger partial charge < -0.3 is 4.74 Å². The van der Waals surface area contributed by atoms with Gasteiger partial charge in [-0.15, -0.1) is 0 Å². The van der Waals surface area contributed by atoms with Crippen LogP contribution in [0.4, 0.5) is 0 Å². The van der Waals surface area contributed by atoms with Crippen LogP contribution in [0.5, 0.6) is 0 Å². The van der Waals surface area contributed by atoms with E-state index in [9.17, 15) is 0 Å². The minimum absolute atomic E-state index is 0.475. The Morgan fingerprint density at radius 2 is 1.87 bits per heavy atom. The Kier molecular flexibility index (Phi) is 3.99. The number of nitrogens with zero attached hydrogens (tertiary/aromatic N) is 4. The number of rotatable bonds is 3. The molecule has 0 saturated carbocycles. The van der Waals surface area contributed by atoms with Gasteiger partial charge in [-0.05, 0) is 17.2 Å². The molecule has 6 heteroatoms. The van der Waals surface area contributed by atoms with E-state index >= 15 is 0 Å². The molecule has 0 N–H and O–H groups in total. The number of fused-ring (bicyclic) bond motifs is 1. The molecule has 0 radical (unpaired) electrons. The fourth-order valence-electron chi connectivity index (χ4n) is 2.86. The Labute approximate surface area is 139 Å². The third-order valence-electron chi connectivity index (χ3n) is 4.11. The molecule has 0 amide bonds. The third kappa shape index (κ3) is 3.08. The summed E-state index contributed by atoms with van der Waals surface area (Å²) < 4.78 is 7.13. The van der Waals surface area contributed by atoms with Crippen LogP contribution in [0.1, 0.15) is 5.56 Å². The molecule has 4 rings (SSSR count). The van der Waals surface area contributed by atoms with Crippen LogP contribution in [-0.4, -0.2) is 45.8 Å². The van der Waals surface area contributed by atoms with E-state index in [4.69, 9.17) is 16.3 Å². The first-order valence-corrected chi connectivity index (χ1v) is 8.07. The molecular formula is C17H17ClN4O. The van der Waals surface area contributed by atoms with E-state index < -0.39 is 0 Å². The highest BCUT2D eigenvalue weighted by Gasteiger charge is 2.12. The molecule has 3 heterocycles. The smallest absolute Gasteiger partial charge is 0.164 e. The molecular weight excluding hydrogens is 312 g/mol. The van der Waals surface area contributed by atoms with Crippen molar-refractivity contribution in [2.45, 2.75) is 6.54 Å². The summed E-state index contributed by atoms with van der Waals surface area (Å²) in [4.78, 5) is 6.78. The average Bonchev–Trinajstić information content (AvgIpc) is 2.99. The number of halogens is 1. The highest BCUT2D eigenvalue weighted by Crippen LogP contribution is 2.24. The maximum absolute atomic E-state index is 6.00. The van der Waals surface area contributed by atoms with Crippen LogP contribution < -0.4 is 0 Å². The first-order valence-electron chi connectivity index (χ1n) is 7.69. The summed E-state index contributed by atoms with van der Waals surface area (Å²) in [6, 6.07) is 10.3. The molecule has 3 aromatic rings. The monoisotopic (exact) mass is 328 g/mol. The van der Waals surface area contributed by atoms with Crippen LogP contribution in [-0.2, 0) is 11.3 Å². The minimum atomic E-state index is 0.475. The lowest BCUT2D eigenvalue weighted by atomic mass is 10.1. The first kappa shape index (κ1) is 14.6. The maximum Gasteiger partial charge on any atom is 0.164 e.